The molecule has 2 aromatic rings. The van der Waals surface area contributed by atoms with E-state index in [0.717, 1.165) is 18.8 Å². The smallest absolute Gasteiger partial charge is 0.119 e. The van der Waals surface area contributed by atoms with Crippen molar-refractivity contribution in [1.29, 1.82) is 0 Å². The molecule has 0 amide bonds. The van der Waals surface area contributed by atoms with E-state index in [2.05, 4.69) is 49.5 Å². The Hall–Kier alpha value is -2.06. The highest BCUT2D eigenvalue weighted by Crippen LogP contribution is 2.16. The average molecular weight is 281 g/mol. The first-order chi connectivity index (χ1) is 10.3. The number of likely N-dealkylation sites (N-methyl/N-ethyl adjacent to an activating group) is 1. The fraction of sp³-hybridized carbons (Fsp3) is 0.263. The largest absolute Gasteiger partial charge is 0.489 e. The Morgan fingerprint density at radius 1 is 1.05 bits per heavy atom. The molecular formula is C19H23NO. The zero-order valence-electron chi connectivity index (χ0n) is 12.8. The quantitative estimate of drug-likeness (QED) is 0.818. The van der Waals surface area contributed by atoms with Gasteiger partial charge in [-0.3, -0.25) is 0 Å². The van der Waals surface area contributed by atoms with Crippen molar-refractivity contribution in [2.75, 3.05) is 13.1 Å². The molecule has 0 spiro atoms. The van der Waals surface area contributed by atoms with E-state index in [1.807, 2.05) is 30.3 Å². The third-order valence-corrected chi connectivity index (χ3v) is 3.20. The maximum atomic E-state index is 5.78. The van der Waals surface area contributed by atoms with Crippen molar-refractivity contribution < 1.29 is 4.74 Å². The molecule has 110 valence electrons. The Labute approximate surface area is 127 Å². The molecule has 0 heterocycles. The normalized spacial score (nSPS) is 11.4. The maximum absolute atomic E-state index is 5.78. The zero-order chi connectivity index (χ0) is 14.9. The van der Waals surface area contributed by atoms with Gasteiger partial charge in [0.15, 0.2) is 0 Å². The Morgan fingerprint density at radius 3 is 2.43 bits per heavy atom. The molecule has 0 aliphatic rings. The van der Waals surface area contributed by atoms with Crippen molar-refractivity contribution in [3.8, 4) is 5.75 Å². The molecular weight excluding hydrogens is 258 g/mol. The molecule has 0 aliphatic carbocycles. The van der Waals surface area contributed by atoms with E-state index in [1.165, 1.54) is 16.7 Å². The average Bonchev–Trinajstić information content (AvgIpc) is 2.53. The monoisotopic (exact) mass is 281 g/mol. The summed E-state index contributed by atoms with van der Waals surface area (Å²) >= 11 is 0. The molecule has 1 N–H and O–H groups in total. The van der Waals surface area contributed by atoms with Gasteiger partial charge in [0.1, 0.15) is 12.4 Å². The molecule has 0 aromatic heterocycles. The van der Waals surface area contributed by atoms with Gasteiger partial charge in [0, 0.05) is 6.54 Å². The second kappa shape index (κ2) is 8.28. The first-order valence-electron chi connectivity index (χ1n) is 7.42. The van der Waals surface area contributed by atoms with Gasteiger partial charge in [-0.15, -0.1) is 0 Å². The van der Waals surface area contributed by atoms with Crippen LogP contribution in [0.1, 0.15) is 25.0 Å². The molecule has 21 heavy (non-hydrogen) atoms. The lowest BCUT2D eigenvalue weighted by Gasteiger charge is -2.07. The second-order valence-electron chi connectivity index (χ2n) is 5.11. The lowest BCUT2D eigenvalue weighted by atomic mass is 10.1. The number of nitrogens with one attached hydrogen (secondary N) is 1. The maximum Gasteiger partial charge on any atom is 0.119 e. The van der Waals surface area contributed by atoms with Gasteiger partial charge in [0.2, 0.25) is 0 Å². The lowest BCUT2D eigenvalue weighted by Crippen LogP contribution is -2.14. The number of rotatable bonds is 7. The van der Waals surface area contributed by atoms with Gasteiger partial charge in [-0.05, 0) is 36.7 Å². The molecule has 2 aromatic carbocycles. The van der Waals surface area contributed by atoms with E-state index < -0.39 is 0 Å². The SMILES string of the molecule is CCNCC(C)=Cc1ccc(OCc2ccccc2)cc1. The summed E-state index contributed by atoms with van der Waals surface area (Å²) in [5, 5.41) is 3.33. The first kappa shape index (κ1) is 15.3. The van der Waals surface area contributed by atoms with Crippen LogP contribution in [0.3, 0.4) is 0 Å². The van der Waals surface area contributed by atoms with Crippen LogP contribution in [0.15, 0.2) is 60.2 Å². The minimum Gasteiger partial charge on any atom is -0.489 e. The van der Waals surface area contributed by atoms with E-state index in [0.29, 0.717) is 6.61 Å². The van der Waals surface area contributed by atoms with Crippen molar-refractivity contribution in [1.82, 2.24) is 5.32 Å². The third kappa shape index (κ3) is 5.44. The van der Waals surface area contributed by atoms with Crippen molar-refractivity contribution in [3.05, 3.63) is 71.3 Å². The Morgan fingerprint density at radius 2 is 1.76 bits per heavy atom. The van der Waals surface area contributed by atoms with E-state index in [4.69, 9.17) is 4.74 Å². The number of hydrogen-bond acceptors (Lipinski definition) is 2. The summed E-state index contributed by atoms with van der Waals surface area (Å²) in [5.74, 6) is 0.903. The van der Waals surface area contributed by atoms with E-state index in [9.17, 15) is 0 Å². The summed E-state index contributed by atoms with van der Waals surface area (Å²) in [7, 11) is 0. The molecule has 0 aliphatic heterocycles. The fourth-order valence-electron chi connectivity index (χ4n) is 2.06. The predicted molar refractivity (Wildman–Crippen MR) is 89.4 cm³/mol. The molecule has 0 atom stereocenters. The van der Waals surface area contributed by atoms with Crippen LogP contribution in [-0.4, -0.2) is 13.1 Å². The van der Waals surface area contributed by atoms with Crippen LogP contribution in [0.2, 0.25) is 0 Å². The first-order valence-corrected chi connectivity index (χ1v) is 7.42. The summed E-state index contributed by atoms with van der Waals surface area (Å²) in [6, 6.07) is 18.4. The summed E-state index contributed by atoms with van der Waals surface area (Å²) in [5.41, 5.74) is 3.72. The van der Waals surface area contributed by atoms with Gasteiger partial charge in [0.25, 0.3) is 0 Å². The van der Waals surface area contributed by atoms with E-state index in [1.54, 1.807) is 0 Å². The van der Waals surface area contributed by atoms with Gasteiger partial charge in [-0.25, -0.2) is 0 Å². The van der Waals surface area contributed by atoms with Gasteiger partial charge in [-0.1, -0.05) is 61.0 Å². The minimum absolute atomic E-state index is 0.607. The molecule has 0 saturated heterocycles. The molecule has 0 bridgehead atoms. The molecule has 2 nitrogen and oxygen atoms in total. The standard InChI is InChI=1S/C19H23NO/c1-3-20-14-16(2)13-17-9-11-19(12-10-17)21-15-18-7-5-4-6-8-18/h4-13,20H,3,14-15H2,1-2H3. The summed E-state index contributed by atoms with van der Waals surface area (Å²) in [4.78, 5) is 0. The predicted octanol–water partition coefficient (Wildman–Crippen LogP) is 4.28. The van der Waals surface area contributed by atoms with Gasteiger partial charge >= 0.3 is 0 Å². The van der Waals surface area contributed by atoms with Crippen LogP contribution in [-0.2, 0) is 6.61 Å². The summed E-state index contributed by atoms with van der Waals surface area (Å²) < 4.78 is 5.78. The highest BCUT2D eigenvalue weighted by molar-refractivity contribution is 5.53. The highest BCUT2D eigenvalue weighted by atomic mass is 16.5. The summed E-state index contributed by atoms with van der Waals surface area (Å²) in [6.07, 6.45) is 2.20. The summed E-state index contributed by atoms with van der Waals surface area (Å²) in [6.45, 7) is 6.80. The number of benzene rings is 2. The van der Waals surface area contributed by atoms with Crippen LogP contribution in [0.25, 0.3) is 6.08 Å². The van der Waals surface area contributed by atoms with Crippen molar-refractivity contribution >= 4 is 6.08 Å². The van der Waals surface area contributed by atoms with Crippen LogP contribution in [0.5, 0.6) is 5.75 Å². The third-order valence-electron chi connectivity index (χ3n) is 3.20. The van der Waals surface area contributed by atoms with Crippen LogP contribution in [0, 0.1) is 0 Å². The van der Waals surface area contributed by atoms with Crippen molar-refractivity contribution in [2.24, 2.45) is 0 Å². The molecule has 2 rings (SSSR count). The Bertz CT molecular complexity index is 558. The fourth-order valence-corrected chi connectivity index (χ4v) is 2.06. The van der Waals surface area contributed by atoms with E-state index >= 15 is 0 Å². The Kier molecular flexibility index (Phi) is 6.04. The number of ether oxygens (including phenoxy) is 1. The molecule has 0 unspecified atom stereocenters. The lowest BCUT2D eigenvalue weighted by molar-refractivity contribution is 0.306. The molecule has 2 heteroatoms. The number of hydrogen-bond donors (Lipinski definition) is 1. The minimum atomic E-state index is 0.607. The van der Waals surface area contributed by atoms with Crippen LogP contribution < -0.4 is 10.1 Å². The van der Waals surface area contributed by atoms with Crippen molar-refractivity contribution in [3.63, 3.8) is 0 Å². The molecule has 0 radical (unpaired) electrons. The van der Waals surface area contributed by atoms with Crippen molar-refractivity contribution in [2.45, 2.75) is 20.5 Å². The molecule has 0 saturated carbocycles. The van der Waals surface area contributed by atoms with Crippen LogP contribution >= 0.6 is 0 Å². The second-order valence-corrected chi connectivity index (χ2v) is 5.11. The van der Waals surface area contributed by atoms with Crippen LogP contribution in [0.4, 0.5) is 0 Å². The van der Waals surface area contributed by atoms with E-state index in [-0.39, 0.29) is 0 Å². The van der Waals surface area contributed by atoms with Gasteiger partial charge in [-0.2, -0.15) is 0 Å². The molecule has 0 fully saturated rings. The highest BCUT2D eigenvalue weighted by Gasteiger charge is 1.96. The topological polar surface area (TPSA) is 21.3 Å². The zero-order valence-corrected chi connectivity index (χ0v) is 12.8. The van der Waals surface area contributed by atoms with Gasteiger partial charge < -0.3 is 10.1 Å². The Balaban J connectivity index is 1.90. The van der Waals surface area contributed by atoms with Gasteiger partial charge in [0.05, 0.1) is 0 Å².